The van der Waals surface area contributed by atoms with Gasteiger partial charge in [0.15, 0.2) is 0 Å². The van der Waals surface area contributed by atoms with Crippen LogP contribution < -0.4 is 5.73 Å². The van der Waals surface area contributed by atoms with Crippen molar-refractivity contribution in [1.29, 1.82) is 0 Å². The molecule has 2 atom stereocenters. The van der Waals surface area contributed by atoms with Crippen molar-refractivity contribution in [1.82, 2.24) is 0 Å². The molecule has 0 saturated heterocycles. The lowest BCUT2D eigenvalue weighted by Gasteiger charge is -2.20. The summed E-state index contributed by atoms with van der Waals surface area (Å²) >= 11 is 0. The van der Waals surface area contributed by atoms with Gasteiger partial charge in [0, 0.05) is 19.6 Å². The Morgan fingerprint density at radius 1 is 0.667 bits per heavy atom. The van der Waals surface area contributed by atoms with Crippen LogP contribution in [0.1, 0.15) is 149 Å². The molecule has 0 fully saturated rings. The van der Waals surface area contributed by atoms with Crippen LogP contribution in [0.25, 0.3) is 0 Å². The number of unbranched alkanes of at least 4 members (excludes halogenated alkanes) is 18. The summed E-state index contributed by atoms with van der Waals surface area (Å²) in [4.78, 5) is 22.1. The number of nitrogens with two attached hydrogens (primary N) is 1. The van der Waals surface area contributed by atoms with Crippen molar-refractivity contribution in [2.24, 2.45) is 5.73 Å². The highest BCUT2D eigenvalue weighted by Gasteiger charge is 2.25. The maximum atomic E-state index is 12.3. The molecule has 0 spiro atoms. The topological polar surface area (TPSA) is 117 Å². The van der Waals surface area contributed by atoms with Gasteiger partial charge in [-0.15, -0.1) is 0 Å². The summed E-state index contributed by atoms with van der Waals surface area (Å²) in [5, 5.41) is 0. The first-order valence-electron chi connectivity index (χ1n) is 16.0. The van der Waals surface area contributed by atoms with E-state index in [9.17, 15) is 14.3 Å². The SMILES string of the molecule is CCCCCCCCCCCCCCCOCC(COP(=O)(O)OCCN)OC(=O)CCCCCCCCC. The Balaban J connectivity index is 4.08. The van der Waals surface area contributed by atoms with E-state index in [1.54, 1.807) is 0 Å². The Morgan fingerprint density at radius 2 is 1.13 bits per heavy atom. The van der Waals surface area contributed by atoms with Crippen LogP contribution in [0.5, 0.6) is 0 Å². The molecule has 2 unspecified atom stereocenters. The van der Waals surface area contributed by atoms with E-state index >= 15 is 0 Å². The number of esters is 1. The highest BCUT2D eigenvalue weighted by atomic mass is 31.2. The van der Waals surface area contributed by atoms with Gasteiger partial charge in [-0.2, -0.15) is 0 Å². The smallest absolute Gasteiger partial charge is 0.457 e. The average Bonchev–Trinajstić information content (AvgIpc) is 2.92. The molecule has 0 aliphatic heterocycles. The summed E-state index contributed by atoms with van der Waals surface area (Å²) in [5.74, 6) is -0.336. The minimum absolute atomic E-state index is 0.0912. The summed E-state index contributed by atoms with van der Waals surface area (Å²) in [6, 6.07) is 0. The predicted molar refractivity (Wildman–Crippen MR) is 160 cm³/mol. The molecule has 0 aromatic carbocycles. The fourth-order valence-electron chi connectivity index (χ4n) is 4.41. The van der Waals surface area contributed by atoms with Crippen molar-refractivity contribution < 1.29 is 32.8 Å². The molecule has 0 heterocycles. The first-order valence-corrected chi connectivity index (χ1v) is 17.5. The average molecular weight is 580 g/mol. The van der Waals surface area contributed by atoms with Crippen LogP contribution in [0, 0.1) is 0 Å². The van der Waals surface area contributed by atoms with Crippen molar-refractivity contribution in [3.8, 4) is 0 Å². The molecule has 0 aliphatic carbocycles. The third-order valence-electron chi connectivity index (χ3n) is 6.77. The second-order valence-electron chi connectivity index (χ2n) is 10.7. The predicted octanol–water partition coefficient (Wildman–Crippen LogP) is 8.24. The van der Waals surface area contributed by atoms with Crippen LogP contribution in [-0.2, 0) is 27.9 Å². The van der Waals surface area contributed by atoms with Gasteiger partial charge in [0.25, 0.3) is 0 Å². The van der Waals surface area contributed by atoms with Crippen LogP contribution in [-0.4, -0.2) is 49.9 Å². The Morgan fingerprint density at radius 3 is 1.62 bits per heavy atom. The molecule has 0 saturated carbocycles. The van der Waals surface area contributed by atoms with Gasteiger partial charge >= 0.3 is 13.8 Å². The lowest BCUT2D eigenvalue weighted by molar-refractivity contribution is -0.154. The number of phosphoric ester groups is 1. The van der Waals surface area contributed by atoms with Crippen LogP contribution in [0.2, 0.25) is 0 Å². The Labute approximate surface area is 240 Å². The summed E-state index contributed by atoms with van der Waals surface area (Å²) in [6.45, 7) is 4.88. The fourth-order valence-corrected chi connectivity index (χ4v) is 5.17. The van der Waals surface area contributed by atoms with E-state index in [-0.39, 0.29) is 32.3 Å². The number of hydrogen-bond donors (Lipinski definition) is 2. The van der Waals surface area contributed by atoms with E-state index in [0.717, 1.165) is 32.1 Å². The molecule has 8 nitrogen and oxygen atoms in total. The standard InChI is InChI=1S/C30H62NO7P/c1-3-5-7-9-11-12-13-14-15-16-18-20-22-25-35-27-29(28-37-39(33,34)36-26-24-31)38-30(32)23-21-19-17-10-8-6-4-2/h29H,3-28,31H2,1-2H3,(H,33,34). The number of carbonyl (C=O) groups excluding carboxylic acids is 1. The molecule has 234 valence electrons. The van der Waals surface area contributed by atoms with Gasteiger partial charge in [0.2, 0.25) is 0 Å². The molecule has 3 N–H and O–H groups in total. The normalized spacial score (nSPS) is 13.8. The lowest BCUT2D eigenvalue weighted by atomic mass is 10.0. The van der Waals surface area contributed by atoms with E-state index < -0.39 is 13.9 Å². The molecule has 0 rings (SSSR count). The van der Waals surface area contributed by atoms with Crippen LogP contribution in [0.4, 0.5) is 0 Å². The van der Waals surface area contributed by atoms with Gasteiger partial charge < -0.3 is 20.1 Å². The molecule has 9 heteroatoms. The number of ether oxygens (including phenoxy) is 2. The van der Waals surface area contributed by atoms with Gasteiger partial charge in [-0.3, -0.25) is 13.8 Å². The number of carbonyl (C=O) groups is 1. The molecule has 0 aliphatic rings. The van der Waals surface area contributed by atoms with Gasteiger partial charge in [0.1, 0.15) is 6.10 Å². The van der Waals surface area contributed by atoms with Crippen molar-refractivity contribution in [3.63, 3.8) is 0 Å². The monoisotopic (exact) mass is 579 g/mol. The van der Waals surface area contributed by atoms with E-state index in [0.29, 0.717) is 13.0 Å². The molecule has 0 aromatic rings. The van der Waals surface area contributed by atoms with Gasteiger partial charge in [-0.25, -0.2) is 4.57 Å². The summed E-state index contributed by atoms with van der Waals surface area (Å²) < 4.78 is 33.0. The van der Waals surface area contributed by atoms with E-state index in [1.807, 2.05) is 0 Å². The van der Waals surface area contributed by atoms with Crippen molar-refractivity contribution in [3.05, 3.63) is 0 Å². The third kappa shape index (κ3) is 28.8. The van der Waals surface area contributed by atoms with Gasteiger partial charge in [-0.05, 0) is 12.8 Å². The van der Waals surface area contributed by atoms with Crippen LogP contribution >= 0.6 is 7.82 Å². The third-order valence-corrected chi connectivity index (χ3v) is 7.76. The van der Waals surface area contributed by atoms with Gasteiger partial charge in [0.05, 0.1) is 19.8 Å². The zero-order valence-electron chi connectivity index (χ0n) is 25.4. The van der Waals surface area contributed by atoms with E-state index in [4.69, 9.17) is 24.3 Å². The molecule has 0 aromatic heterocycles. The fraction of sp³-hybridized carbons (Fsp3) is 0.967. The Hall–Kier alpha value is -0.500. The Kier molecular flexibility index (Phi) is 28.6. The van der Waals surface area contributed by atoms with Crippen molar-refractivity contribution in [2.45, 2.75) is 155 Å². The highest BCUT2D eigenvalue weighted by molar-refractivity contribution is 7.47. The summed E-state index contributed by atoms with van der Waals surface area (Å²) in [6.07, 6.45) is 24.1. The number of phosphoric acid groups is 1. The zero-order chi connectivity index (χ0) is 28.9. The molecule has 0 amide bonds. The molecule has 39 heavy (non-hydrogen) atoms. The zero-order valence-corrected chi connectivity index (χ0v) is 26.3. The van der Waals surface area contributed by atoms with Gasteiger partial charge in [-0.1, -0.05) is 129 Å². The maximum Gasteiger partial charge on any atom is 0.472 e. The molecular weight excluding hydrogens is 517 g/mol. The first kappa shape index (κ1) is 38.5. The molecular formula is C30H62NO7P. The number of rotatable bonds is 31. The second kappa shape index (κ2) is 29.0. The minimum Gasteiger partial charge on any atom is -0.457 e. The van der Waals surface area contributed by atoms with Crippen molar-refractivity contribution >= 4 is 13.8 Å². The molecule has 0 bridgehead atoms. The highest BCUT2D eigenvalue weighted by Crippen LogP contribution is 2.43. The van der Waals surface area contributed by atoms with E-state index in [1.165, 1.54) is 96.3 Å². The summed E-state index contributed by atoms with van der Waals surface area (Å²) in [5.41, 5.74) is 5.32. The van der Waals surface area contributed by atoms with Crippen molar-refractivity contribution in [2.75, 3.05) is 33.0 Å². The molecule has 0 radical (unpaired) electrons. The maximum absolute atomic E-state index is 12.3. The first-order chi connectivity index (χ1) is 18.9. The quantitative estimate of drug-likeness (QED) is 0.0479. The number of hydrogen-bond acceptors (Lipinski definition) is 7. The van der Waals surface area contributed by atoms with E-state index in [2.05, 4.69) is 13.8 Å². The Bertz CT molecular complexity index is 580. The largest absolute Gasteiger partial charge is 0.472 e. The van der Waals surface area contributed by atoms with Crippen LogP contribution in [0.3, 0.4) is 0 Å². The summed E-state index contributed by atoms with van der Waals surface area (Å²) in [7, 11) is -4.25. The lowest BCUT2D eigenvalue weighted by Crippen LogP contribution is -2.28. The second-order valence-corrected chi connectivity index (χ2v) is 12.1. The minimum atomic E-state index is -4.25. The van der Waals surface area contributed by atoms with Crippen LogP contribution in [0.15, 0.2) is 0 Å².